The number of benzene rings is 2. The highest BCUT2D eigenvalue weighted by Crippen LogP contribution is 2.34. The van der Waals surface area contributed by atoms with Gasteiger partial charge in [0.25, 0.3) is 5.91 Å². The van der Waals surface area contributed by atoms with Gasteiger partial charge >= 0.3 is 5.97 Å². The van der Waals surface area contributed by atoms with Crippen LogP contribution in [-0.4, -0.2) is 70.8 Å². The van der Waals surface area contributed by atoms with Crippen LogP contribution in [0.15, 0.2) is 60.0 Å². The molecule has 2 heterocycles. The van der Waals surface area contributed by atoms with E-state index in [2.05, 4.69) is 10.6 Å². The van der Waals surface area contributed by atoms with Gasteiger partial charge in [-0.2, -0.15) is 0 Å². The van der Waals surface area contributed by atoms with E-state index in [9.17, 15) is 19.2 Å². The van der Waals surface area contributed by atoms with Crippen LogP contribution in [0.25, 0.3) is 0 Å². The molecule has 0 unspecified atom stereocenters. The molecule has 1 fully saturated rings. The average molecular weight is 596 g/mol. The summed E-state index contributed by atoms with van der Waals surface area (Å²) in [7, 11) is 4.24. The molecule has 3 amide bonds. The Balaban J connectivity index is 1.74. The van der Waals surface area contributed by atoms with E-state index in [-0.39, 0.29) is 18.2 Å². The fourth-order valence-corrected chi connectivity index (χ4v) is 5.25. The standard InChI is InChI=1S/C30H33N3O8S/c1-38-23-13-10-20(16-24(23)39-2)27(29(36)31-17-22-6-4-14-41-22)33(21-11-8-19(9-12-21)30(37)40-3)26(34)18-32-28(35)25-7-5-15-42-25/h5,7-13,15-16,22,27H,4,6,14,17-18H2,1-3H3,(H,31,36)(H,32,35)/t22-,27-/m0/s1. The molecule has 1 aliphatic rings. The predicted octanol–water partition coefficient (Wildman–Crippen LogP) is 3.35. The van der Waals surface area contributed by atoms with Crippen LogP contribution < -0.4 is 25.0 Å². The fraction of sp³-hybridized carbons (Fsp3) is 0.333. The van der Waals surface area contributed by atoms with Gasteiger partial charge in [0.05, 0.1) is 44.4 Å². The lowest BCUT2D eigenvalue weighted by molar-refractivity contribution is -0.126. The van der Waals surface area contributed by atoms with Gasteiger partial charge in [0.2, 0.25) is 11.8 Å². The number of carbonyl (C=O) groups excluding carboxylic acids is 4. The lowest BCUT2D eigenvalue weighted by Crippen LogP contribution is -2.48. The monoisotopic (exact) mass is 595 g/mol. The fourth-order valence-electron chi connectivity index (χ4n) is 4.61. The van der Waals surface area contributed by atoms with Crippen LogP contribution in [0.5, 0.6) is 11.5 Å². The van der Waals surface area contributed by atoms with E-state index in [4.69, 9.17) is 18.9 Å². The summed E-state index contributed by atoms with van der Waals surface area (Å²) in [6.45, 7) is 0.500. The molecule has 2 aromatic carbocycles. The molecule has 2 atom stereocenters. The number of hydrogen-bond donors (Lipinski definition) is 2. The minimum absolute atomic E-state index is 0.131. The van der Waals surface area contributed by atoms with Gasteiger partial charge < -0.3 is 29.6 Å². The Kier molecular flexibility index (Phi) is 10.5. The van der Waals surface area contributed by atoms with Crippen LogP contribution in [0.4, 0.5) is 5.69 Å². The number of ether oxygens (including phenoxy) is 4. The largest absolute Gasteiger partial charge is 0.493 e. The number of nitrogens with one attached hydrogen (secondary N) is 2. The van der Waals surface area contributed by atoms with Crippen molar-refractivity contribution < 1.29 is 38.1 Å². The molecule has 1 aliphatic heterocycles. The second-order valence-electron chi connectivity index (χ2n) is 9.36. The van der Waals surface area contributed by atoms with Gasteiger partial charge in [-0.1, -0.05) is 12.1 Å². The van der Waals surface area contributed by atoms with E-state index in [0.29, 0.717) is 34.2 Å². The van der Waals surface area contributed by atoms with Gasteiger partial charge in [0.1, 0.15) is 6.04 Å². The number of anilines is 1. The van der Waals surface area contributed by atoms with E-state index in [1.165, 1.54) is 49.7 Å². The molecule has 0 aliphatic carbocycles. The van der Waals surface area contributed by atoms with Crippen LogP contribution in [0.1, 0.15) is 44.5 Å². The Labute approximate surface area is 247 Å². The van der Waals surface area contributed by atoms with Gasteiger partial charge in [-0.05, 0) is 66.2 Å². The molecule has 0 spiro atoms. The van der Waals surface area contributed by atoms with Gasteiger partial charge in [-0.15, -0.1) is 11.3 Å². The number of hydrogen-bond acceptors (Lipinski definition) is 9. The smallest absolute Gasteiger partial charge is 0.337 e. The lowest BCUT2D eigenvalue weighted by atomic mass is 10.0. The highest BCUT2D eigenvalue weighted by molar-refractivity contribution is 7.12. The van der Waals surface area contributed by atoms with Gasteiger partial charge in [-0.25, -0.2) is 4.79 Å². The first kappa shape index (κ1) is 30.5. The molecule has 0 bridgehead atoms. The third-order valence-electron chi connectivity index (χ3n) is 6.74. The Morgan fingerprint density at radius 3 is 2.38 bits per heavy atom. The van der Waals surface area contributed by atoms with Crippen molar-refractivity contribution in [1.29, 1.82) is 0 Å². The maximum Gasteiger partial charge on any atom is 0.337 e. The highest BCUT2D eigenvalue weighted by atomic mass is 32.1. The topological polar surface area (TPSA) is 132 Å². The van der Waals surface area contributed by atoms with E-state index in [1.807, 2.05) is 0 Å². The molecule has 222 valence electrons. The highest BCUT2D eigenvalue weighted by Gasteiger charge is 2.34. The van der Waals surface area contributed by atoms with Crippen molar-refractivity contribution >= 4 is 40.7 Å². The summed E-state index contributed by atoms with van der Waals surface area (Å²) in [5.74, 6) is -1.17. The van der Waals surface area contributed by atoms with Crippen molar-refractivity contribution in [2.45, 2.75) is 25.0 Å². The zero-order valence-corrected chi connectivity index (χ0v) is 24.4. The van der Waals surface area contributed by atoms with E-state index in [0.717, 1.165) is 12.8 Å². The van der Waals surface area contributed by atoms with Crippen molar-refractivity contribution in [2.75, 3.05) is 45.9 Å². The van der Waals surface area contributed by atoms with Crippen LogP contribution in [-0.2, 0) is 19.1 Å². The Morgan fingerprint density at radius 2 is 1.76 bits per heavy atom. The summed E-state index contributed by atoms with van der Waals surface area (Å²) in [6.07, 6.45) is 1.59. The van der Waals surface area contributed by atoms with Crippen molar-refractivity contribution in [3.05, 3.63) is 76.0 Å². The molecule has 1 saturated heterocycles. The summed E-state index contributed by atoms with van der Waals surface area (Å²) in [4.78, 5) is 54.3. The third kappa shape index (κ3) is 7.25. The molecule has 4 rings (SSSR count). The molecule has 42 heavy (non-hydrogen) atoms. The zero-order valence-electron chi connectivity index (χ0n) is 23.6. The number of rotatable bonds is 12. The van der Waals surface area contributed by atoms with E-state index >= 15 is 0 Å². The first-order chi connectivity index (χ1) is 20.4. The van der Waals surface area contributed by atoms with Crippen LogP contribution >= 0.6 is 11.3 Å². The summed E-state index contributed by atoms with van der Waals surface area (Å²) in [5.41, 5.74) is 1.03. The Morgan fingerprint density at radius 1 is 1.00 bits per heavy atom. The Bertz CT molecular complexity index is 1390. The molecular formula is C30H33N3O8S. The van der Waals surface area contributed by atoms with Crippen molar-refractivity contribution in [3.8, 4) is 11.5 Å². The second kappa shape index (κ2) is 14.5. The summed E-state index contributed by atoms with van der Waals surface area (Å²) < 4.78 is 21.3. The molecule has 0 saturated carbocycles. The summed E-state index contributed by atoms with van der Waals surface area (Å²) >= 11 is 1.25. The van der Waals surface area contributed by atoms with Gasteiger partial charge in [0, 0.05) is 18.8 Å². The van der Waals surface area contributed by atoms with E-state index < -0.39 is 36.3 Å². The Hall–Kier alpha value is -4.42. The van der Waals surface area contributed by atoms with Crippen molar-refractivity contribution in [1.82, 2.24) is 10.6 Å². The number of nitrogens with zero attached hydrogens (tertiary/aromatic N) is 1. The minimum Gasteiger partial charge on any atom is -0.493 e. The summed E-state index contributed by atoms with van der Waals surface area (Å²) in [5, 5.41) is 7.34. The molecule has 11 nitrogen and oxygen atoms in total. The number of amides is 3. The SMILES string of the molecule is COC(=O)c1ccc(N(C(=O)CNC(=O)c2cccs2)[C@H](C(=O)NC[C@@H]2CCCO2)c2ccc(OC)c(OC)c2)cc1. The maximum absolute atomic E-state index is 13.9. The first-order valence-corrected chi connectivity index (χ1v) is 14.2. The van der Waals surface area contributed by atoms with Gasteiger partial charge in [0.15, 0.2) is 11.5 Å². The second-order valence-corrected chi connectivity index (χ2v) is 10.3. The van der Waals surface area contributed by atoms with Crippen LogP contribution in [0.2, 0.25) is 0 Å². The minimum atomic E-state index is -1.18. The average Bonchev–Trinajstić information content (AvgIpc) is 3.76. The number of esters is 1. The molecule has 2 N–H and O–H groups in total. The molecule has 1 aromatic heterocycles. The normalized spacial score (nSPS) is 14.9. The number of carbonyl (C=O) groups is 4. The van der Waals surface area contributed by atoms with Crippen LogP contribution in [0, 0.1) is 0 Å². The molecule has 0 radical (unpaired) electrons. The first-order valence-electron chi connectivity index (χ1n) is 13.3. The third-order valence-corrected chi connectivity index (χ3v) is 7.61. The molecule has 3 aromatic rings. The van der Waals surface area contributed by atoms with E-state index in [1.54, 1.807) is 47.8 Å². The maximum atomic E-state index is 13.9. The summed E-state index contributed by atoms with van der Waals surface area (Å²) in [6, 6.07) is 13.3. The van der Waals surface area contributed by atoms with Crippen molar-refractivity contribution in [2.24, 2.45) is 0 Å². The van der Waals surface area contributed by atoms with Crippen molar-refractivity contribution in [3.63, 3.8) is 0 Å². The number of methoxy groups -OCH3 is 3. The predicted molar refractivity (Wildman–Crippen MR) is 156 cm³/mol. The zero-order chi connectivity index (χ0) is 30.1. The molecular weight excluding hydrogens is 562 g/mol. The molecule has 12 heteroatoms. The van der Waals surface area contributed by atoms with Crippen LogP contribution in [0.3, 0.4) is 0 Å². The van der Waals surface area contributed by atoms with Gasteiger partial charge in [-0.3, -0.25) is 19.3 Å². The lowest BCUT2D eigenvalue weighted by Gasteiger charge is -2.32. The number of thiophene rings is 1. The quantitative estimate of drug-likeness (QED) is 0.305.